The zero-order chi connectivity index (χ0) is 19.7. The van der Waals surface area contributed by atoms with Crippen LogP contribution in [0.4, 0.5) is 14.2 Å². The molecule has 5 nitrogen and oxygen atoms in total. The number of nitrogens with zero attached hydrogens (tertiary/aromatic N) is 1. The lowest BCUT2D eigenvalue weighted by atomic mass is 9.95. The van der Waals surface area contributed by atoms with E-state index in [1.54, 1.807) is 11.0 Å². The van der Waals surface area contributed by atoms with Crippen molar-refractivity contribution in [2.24, 2.45) is 0 Å². The Hall–Kier alpha value is -2.41. The molecule has 4 rings (SSSR count). The highest BCUT2D eigenvalue weighted by Gasteiger charge is 2.32. The van der Waals surface area contributed by atoms with E-state index in [0.717, 1.165) is 54.5 Å². The molecule has 1 aliphatic heterocycles. The van der Waals surface area contributed by atoms with Gasteiger partial charge in [0.05, 0.1) is 18.7 Å². The SMILES string of the molecule is COC(=O)c1c(NC(=O)N2CCCC2c2cccc(F)c2)sc2c1CCCC2. The Balaban J connectivity index is 1.59. The highest BCUT2D eigenvalue weighted by Crippen LogP contribution is 2.39. The molecule has 1 saturated heterocycles. The van der Waals surface area contributed by atoms with Gasteiger partial charge in [-0.1, -0.05) is 12.1 Å². The number of carbonyl (C=O) groups excluding carboxylic acids is 2. The summed E-state index contributed by atoms with van der Waals surface area (Å²) in [7, 11) is 1.36. The lowest BCUT2D eigenvalue weighted by molar-refractivity contribution is 0.0601. The molecule has 148 valence electrons. The van der Waals surface area contributed by atoms with Gasteiger partial charge in [0.15, 0.2) is 0 Å². The third kappa shape index (κ3) is 3.51. The first kappa shape index (κ1) is 18.9. The van der Waals surface area contributed by atoms with Crippen molar-refractivity contribution in [1.29, 1.82) is 0 Å². The van der Waals surface area contributed by atoms with Crippen LogP contribution in [0.5, 0.6) is 0 Å². The molecule has 2 heterocycles. The number of likely N-dealkylation sites (tertiary alicyclic amines) is 1. The van der Waals surface area contributed by atoms with Gasteiger partial charge in [0.2, 0.25) is 0 Å². The second kappa shape index (κ2) is 7.91. The highest BCUT2D eigenvalue weighted by molar-refractivity contribution is 7.17. The first-order chi connectivity index (χ1) is 13.6. The molecule has 1 fully saturated rings. The van der Waals surface area contributed by atoms with Crippen LogP contribution in [0.3, 0.4) is 0 Å². The van der Waals surface area contributed by atoms with Gasteiger partial charge in [0.25, 0.3) is 0 Å². The van der Waals surface area contributed by atoms with Crippen LogP contribution in [0.15, 0.2) is 24.3 Å². The first-order valence-corrected chi connectivity index (χ1v) is 10.5. The number of esters is 1. The minimum Gasteiger partial charge on any atom is -0.465 e. The average Bonchev–Trinajstić information content (AvgIpc) is 3.32. The molecular weight excluding hydrogens is 379 g/mol. The number of amides is 2. The van der Waals surface area contributed by atoms with Gasteiger partial charge in [-0.05, 0) is 61.8 Å². The van der Waals surface area contributed by atoms with Crippen molar-refractivity contribution in [2.75, 3.05) is 19.0 Å². The molecule has 0 saturated carbocycles. The van der Waals surface area contributed by atoms with E-state index in [9.17, 15) is 14.0 Å². The van der Waals surface area contributed by atoms with Crippen LogP contribution in [0, 0.1) is 5.82 Å². The molecule has 1 N–H and O–H groups in total. The zero-order valence-electron chi connectivity index (χ0n) is 15.8. The van der Waals surface area contributed by atoms with Crippen molar-refractivity contribution in [1.82, 2.24) is 4.90 Å². The van der Waals surface area contributed by atoms with Crippen LogP contribution in [0.1, 0.15) is 58.1 Å². The molecule has 1 aliphatic carbocycles. The monoisotopic (exact) mass is 402 g/mol. The summed E-state index contributed by atoms with van der Waals surface area (Å²) in [6, 6.07) is 5.99. The number of carbonyl (C=O) groups is 2. The Morgan fingerprint density at radius 3 is 2.86 bits per heavy atom. The second-order valence-electron chi connectivity index (χ2n) is 7.24. The van der Waals surface area contributed by atoms with Gasteiger partial charge >= 0.3 is 12.0 Å². The van der Waals surface area contributed by atoms with Crippen molar-refractivity contribution in [3.63, 3.8) is 0 Å². The number of hydrogen-bond acceptors (Lipinski definition) is 4. The average molecular weight is 402 g/mol. The molecule has 1 aromatic heterocycles. The number of aryl methyl sites for hydroxylation is 1. The third-order valence-electron chi connectivity index (χ3n) is 5.53. The first-order valence-electron chi connectivity index (χ1n) is 9.64. The van der Waals surface area contributed by atoms with Crippen LogP contribution >= 0.6 is 11.3 Å². The predicted molar refractivity (Wildman–Crippen MR) is 106 cm³/mol. The van der Waals surface area contributed by atoms with Crippen LogP contribution in [-0.2, 0) is 17.6 Å². The van der Waals surface area contributed by atoms with E-state index in [0.29, 0.717) is 17.1 Å². The summed E-state index contributed by atoms with van der Waals surface area (Å²) in [5, 5.41) is 3.51. The summed E-state index contributed by atoms with van der Waals surface area (Å²) < 4.78 is 18.6. The molecule has 2 aromatic rings. The molecule has 0 bridgehead atoms. The summed E-state index contributed by atoms with van der Waals surface area (Å²) in [5.74, 6) is -0.707. The third-order valence-corrected chi connectivity index (χ3v) is 6.74. The molecule has 1 atom stereocenters. The Bertz CT molecular complexity index is 911. The molecule has 1 aromatic carbocycles. The van der Waals surface area contributed by atoms with E-state index in [1.165, 1.54) is 30.6 Å². The van der Waals surface area contributed by atoms with Crippen LogP contribution in [0.2, 0.25) is 0 Å². The van der Waals surface area contributed by atoms with E-state index in [4.69, 9.17) is 4.74 Å². The molecule has 0 radical (unpaired) electrons. The number of fused-ring (bicyclic) bond motifs is 1. The summed E-state index contributed by atoms with van der Waals surface area (Å²) in [6.07, 6.45) is 5.54. The summed E-state index contributed by atoms with van der Waals surface area (Å²) in [6.45, 7) is 0.603. The smallest absolute Gasteiger partial charge is 0.341 e. The van der Waals surface area contributed by atoms with Gasteiger partial charge < -0.3 is 9.64 Å². The lowest BCUT2D eigenvalue weighted by Gasteiger charge is -2.25. The molecule has 7 heteroatoms. The Kier molecular flexibility index (Phi) is 5.35. The largest absolute Gasteiger partial charge is 0.465 e. The van der Waals surface area contributed by atoms with Gasteiger partial charge in [-0.2, -0.15) is 0 Å². The van der Waals surface area contributed by atoms with Crippen molar-refractivity contribution in [2.45, 2.75) is 44.6 Å². The van der Waals surface area contributed by atoms with Gasteiger partial charge in [0, 0.05) is 11.4 Å². The fourth-order valence-electron chi connectivity index (χ4n) is 4.21. The molecule has 2 amide bonds. The number of nitrogens with one attached hydrogen (secondary N) is 1. The number of hydrogen-bond donors (Lipinski definition) is 1. The molecule has 28 heavy (non-hydrogen) atoms. The maximum Gasteiger partial charge on any atom is 0.341 e. The topological polar surface area (TPSA) is 58.6 Å². The maximum absolute atomic E-state index is 13.6. The van der Waals surface area contributed by atoms with Gasteiger partial charge in [-0.3, -0.25) is 5.32 Å². The fourth-order valence-corrected chi connectivity index (χ4v) is 5.48. The Labute approximate surface area is 167 Å². The number of anilines is 1. The standard InChI is InChI=1S/C21H23FN2O3S/c1-27-20(25)18-15-8-2-3-10-17(15)28-19(18)23-21(26)24-11-5-9-16(24)13-6-4-7-14(22)12-13/h4,6-7,12,16H,2-3,5,8-11H2,1H3,(H,23,26). The second-order valence-corrected chi connectivity index (χ2v) is 8.35. The van der Waals surface area contributed by atoms with Crippen molar-refractivity contribution in [3.05, 3.63) is 51.7 Å². The van der Waals surface area contributed by atoms with Gasteiger partial charge in [-0.15, -0.1) is 11.3 Å². The Morgan fingerprint density at radius 1 is 1.25 bits per heavy atom. The van der Waals surface area contributed by atoms with E-state index in [-0.39, 0.29) is 17.9 Å². The lowest BCUT2D eigenvalue weighted by Crippen LogP contribution is -2.34. The zero-order valence-corrected chi connectivity index (χ0v) is 16.6. The highest BCUT2D eigenvalue weighted by atomic mass is 32.1. The fraction of sp³-hybridized carbons (Fsp3) is 0.429. The van der Waals surface area contributed by atoms with Crippen molar-refractivity contribution >= 4 is 28.3 Å². The number of thiophene rings is 1. The van der Waals surface area contributed by atoms with Crippen LogP contribution in [-0.4, -0.2) is 30.6 Å². The summed E-state index contributed by atoms with van der Waals surface area (Å²) in [5.41, 5.74) is 2.31. The van der Waals surface area contributed by atoms with E-state index >= 15 is 0 Å². The maximum atomic E-state index is 13.6. The van der Waals surface area contributed by atoms with Gasteiger partial charge in [-0.25, -0.2) is 14.0 Å². The minimum atomic E-state index is -0.405. The molecular formula is C21H23FN2O3S. The van der Waals surface area contributed by atoms with Crippen LogP contribution in [0.25, 0.3) is 0 Å². The number of halogens is 1. The molecule has 0 spiro atoms. The van der Waals surface area contributed by atoms with Crippen molar-refractivity contribution in [3.8, 4) is 0 Å². The molecule has 1 unspecified atom stereocenters. The summed E-state index contributed by atoms with van der Waals surface area (Å²) in [4.78, 5) is 28.3. The van der Waals surface area contributed by atoms with E-state index < -0.39 is 5.97 Å². The Morgan fingerprint density at radius 2 is 2.07 bits per heavy atom. The quantitative estimate of drug-likeness (QED) is 0.741. The normalized spacial score (nSPS) is 18.6. The van der Waals surface area contributed by atoms with Crippen LogP contribution < -0.4 is 5.32 Å². The van der Waals surface area contributed by atoms with E-state index in [1.807, 2.05) is 6.07 Å². The number of methoxy groups -OCH3 is 1. The minimum absolute atomic E-state index is 0.160. The number of benzene rings is 1. The number of urea groups is 1. The van der Waals surface area contributed by atoms with E-state index in [2.05, 4.69) is 5.32 Å². The predicted octanol–water partition coefficient (Wildman–Crippen LogP) is 4.92. The van der Waals surface area contributed by atoms with Crippen molar-refractivity contribution < 1.29 is 18.7 Å². The number of rotatable bonds is 3. The molecule has 2 aliphatic rings. The summed E-state index contributed by atoms with van der Waals surface area (Å²) >= 11 is 1.47. The number of ether oxygens (including phenoxy) is 1. The van der Waals surface area contributed by atoms with Gasteiger partial charge in [0.1, 0.15) is 10.8 Å².